The summed E-state index contributed by atoms with van der Waals surface area (Å²) in [6.07, 6.45) is 8.86. The zero-order valence-corrected chi connectivity index (χ0v) is 19.8. The Morgan fingerprint density at radius 3 is 2.03 bits per heavy atom. The summed E-state index contributed by atoms with van der Waals surface area (Å²) in [5.74, 6) is 2.56. The van der Waals surface area contributed by atoms with Crippen LogP contribution in [0.15, 0.2) is 30.3 Å². The SMILES string of the molecule is Cl.Cl.O=C1OC(c2ccccc2)(C23CC4CC(CC(C4)C2)C3)CC1CN1CCOCC1. The van der Waals surface area contributed by atoms with E-state index in [1.807, 2.05) is 0 Å². The van der Waals surface area contributed by atoms with Crippen molar-refractivity contribution in [3.8, 4) is 0 Å². The van der Waals surface area contributed by atoms with Gasteiger partial charge in [-0.25, -0.2) is 0 Å². The number of rotatable bonds is 4. The summed E-state index contributed by atoms with van der Waals surface area (Å²) in [6, 6.07) is 10.8. The fraction of sp³-hybridized carbons (Fsp3) is 0.720. The molecular formula is C25H35Cl2NO3. The molecular weight excluding hydrogens is 433 g/mol. The lowest BCUT2D eigenvalue weighted by atomic mass is 9.44. The minimum Gasteiger partial charge on any atom is -0.453 e. The average Bonchev–Trinajstić information content (AvgIpc) is 3.06. The first-order chi connectivity index (χ1) is 14.2. The number of carbonyl (C=O) groups excluding carboxylic acids is 1. The average molecular weight is 468 g/mol. The van der Waals surface area contributed by atoms with Crippen LogP contribution in [0.2, 0.25) is 0 Å². The van der Waals surface area contributed by atoms with Crippen LogP contribution in [0, 0.1) is 29.1 Å². The van der Waals surface area contributed by atoms with Crippen LogP contribution in [-0.2, 0) is 19.9 Å². The number of morpholine rings is 1. The molecule has 0 N–H and O–H groups in total. The second-order valence-electron chi connectivity index (χ2n) is 10.6. The van der Waals surface area contributed by atoms with Crippen molar-refractivity contribution in [3.05, 3.63) is 35.9 Å². The molecule has 4 bridgehead atoms. The van der Waals surface area contributed by atoms with E-state index >= 15 is 0 Å². The number of halogens is 2. The maximum atomic E-state index is 13.2. The minimum atomic E-state index is -0.418. The highest BCUT2D eigenvalue weighted by Crippen LogP contribution is 2.69. The number of carbonyl (C=O) groups is 1. The Hall–Kier alpha value is -0.810. The molecule has 0 amide bonds. The smallest absolute Gasteiger partial charge is 0.311 e. The van der Waals surface area contributed by atoms with Crippen LogP contribution in [0.1, 0.15) is 50.5 Å². The summed E-state index contributed by atoms with van der Waals surface area (Å²) in [6.45, 7) is 4.24. The number of hydrogen-bond acceptors (Lipinski definition) is 4. The Labute approximate surface area is 198 Å². The lowest BCUT2D eigenvalue weighted by Crippen LogP contribution is -2.56. The van der Waals surface area contributed by atoms with E-state index in [1.54, 1.807) is 0 Å². The number of nitrogens with zero attached hydrogens (tertiary/aromatic N) is 1. The van der Waals surface area contributed by atoms with E-state index in [0.717, 1.165) is 57.0 Å². The molecule has 4 nitrogen and oxygen atoms in total. The maximum Gasteiger partial charge on any atom is 0.311 e. The van der Waals surface area contributed by atoms with Crippen LogP contribution >= 0.6 is 24.8 Å². The normalized spacial score (nSPS) is 41.4. The van der Waals surface area contributed by atoms with E-state index < -0.39 is 5.60 Å². The minimum absolute atomic E-state index is 0. The summed E-state index contributed by atoms with van der Waals surface area (Å²) in [5.41, 5.74) is 0.983. The topological polar surface area (TPSA) is 38.8 Å². The lowest BCUT2D eigenvalue weighted by molar-refractivity contribution is -0.198. The third-order valence-corrected chi connectivity index (χ3v) is 8.86. The number of hydrogen-bond donors (Lipinski definition) is 0. The van der Waals surface area contributed by atoms with Crippen LogP contribution in [0.3, 0.4) is 0 Å². The van der Waals surface area contributed by atoms with Crippen LogP contribution in [-0.4, -0.2) is 43.7 Å². The molecule has 172 valence electrons. The summed E-state index contributed by atoms with van der Waals surface area (Å²) in [4.78, 5) is 15.6. The van der Waals surface area contributed by atoms with Crippen molar-refractivity contribution >= 4 is 30.8 Å². The largest absolute Gasteiger partial charge is 0.453 e. The number of ether oxygens (including phenoxy) is 2. The zero-order chi connectivity index (χ0) is 19.5. The highest BCUT2D eigenvalue weighted by Gasteiger charge is 2.66. The second-order valence-corrected chi connectivity index (χ2v) is 10.6. The third-order valence-electron chi connectivity index (χ3n) is 8.86. The van der Waals surface area contributed by atoms with Gasteiger partial charge in [-0.15, -0.1) is 24.8 Å². The fourth-order valence-electron chi connectivity index (χ4n) is 8.08. The van der Waals surface area contributed by atoms with E-state index in [0.29, 0.717) is 0 Å². The van der Waals surface area contributed by atoms with E-state index in [-0.39, 0.29) is 42.1 Å². The van der Waals surface area contributed by atoms with E-state index in [4.69, 9.17) is 9.47 Å². The van der Waals surface area contributed by atoms with Gasteiger partial charge in [0.25, 0.3) is 0 Å². The predicted molar refractivity (Wildman–Crippen MR) is 125 cm³/mol. The molecule has 2 unspecified atom stereocenters. The number of cyclic esters (lactones) is 1. The van der Waals surface area contributed by atoms with E-state index in [2.05, 4.69) is 35.2 Å². The summed E-state index contributed by atoms with van der Waals surface area (Å²) in [5, 5.41) is 0. The molecule has 31 heavy (non-hydrogen) atoms. The van der Waals surface area contributed by atoms with Gasteiger partial charge in [0.1, 0.15) is 5.60 Å². The lowest BCUT2D eigenvalue weighted by Gasteiger charge is -2.62. The quantitative estimate of drug-likeness (QED) is 0.593. The molecule has 0 aromatic heterocycles. The van der Waals surface area contributed by atoms with Gasteiger partial charge in [-0.3, -0.25) is 9.69 Å². The molecule has 2 heterocycles. The molecule has 0 spiro atoms. The summed E-state index contributed by atoms with van der Waals surface area (Å²) in [7, 11) is 0. The number of benzene rings is 1. The van der Waals surface area contributed by atoms with E-state index in [9.17, 15) is 4.79 Å². The van der Waals surface area contributed by atoms with Crippen molar-refractivity contribution in [2.24, 2.45) is 29.1 Å². The van der Waals surface area contributed by atoms with Gasteiger partial charge in [-0.2, -0.15) is 0 Å². The Balaban J connectivity index is 0.00000116. The van der Waals surface area contributed by atoms with Crippen molar-refractivity contribution in [1.29, 1.82) is 0 Å². The molecule has 4 aliphatic carbocycles. The highest BCUT2D eigenvalue weighted by molar-refractivity contribution is 5.85. The van der Waals surface area contributed by atoms with Crippen LogP contribution in [0.5, 0.6) is 0 Å². The van der Waals surface area contributed by atoms with Crippen LogP contribution in [0.25, 0.3) is 0 Å². The van der Waals surface area contributed by atoms with Crippen molar-refractivity contribution in [1.82, 2.24) is 4.90 Å². The van der Waals surface area contributed by atoms with Gasteiger partial charge in [0, 0.05) is 31.5 Å². The molecule has 0 radical (unpaired) electrons. The first kappa shape index (κ1) is 23.4. The van der Waals surface area contributed by atoms with Crippen molar-refractivity contribution in [2.75, 3.05) is 32.8 Å². The van der Waals surface area contributed by atoms with Gasteiger partial charge in [0.2, 0.25) is 0 Å². The second kappa shape index (κ2) is 8.85. The molecule has 1 aromatic carbocycles. The molecule has 2 atom stereocenters. The first-order valence-electron chi connectivity index (χ1n) is 11.7. The third kappa shape index (κ3) is 3.82. The van der Waals surface area contributed by atoms with E-state index in [1.165, 1.54) is 44.1 Å². The van der Waals surface area contributed by atoms with Crippen molar-refractivity contribution in [2.45, 2.75) is 50.5 Å². The Kier molecular flexibility index (Phi) is 6.67. The summed E-state index contributed by atoms with van der Waals surface area (Å²) < 4.78 is 12.1. The fourth-order valence-corrected chi connectivity index (χ4v) is 8.08. The predicted octanol–water partition coefficient (Wildman–Crippen LogP) is 4.84. The Bertz CT molecular complexity index is 747. The van der Waals surface area contributed by atoms with Crippen LogP contribution < -0.4 is 0 Å². The molecule has 6 aliphatic rings. The summed E-state index contributed by atoms with van der Waals surface area (Å²) >= 11 is 0. The zero-order valence-electron chi connectivity index (χ0n) is 18.2. The van der Waals surface area contributed by atoms with Crippen molar-refractivity contribution < 1.29 is 14.3 Å². The Morgan fingerprint density at radius 2 is 1.45 bits per heavy atom. The van der Waals surface area contributed by atoms with Gasteiger partial charge in [-0.05, 0) is 61.8 Å². The molecule has 6 fully saturated rings. The van der Waals surface area contributed by atoms with Gasteiger partial charge >= 0.3 is 5.97 Å². The maximum absolute atomic E-state index is 13.2. The molecule has 7 rings (SSSR count). The van der Waals surface area contributed by atoms with Gasteiger partial charge in [-0.1, -0.05) is 30.3 Å². The van der Waals surface area contributed by atoms with Crippen LogP contribution in [0.4, 0.5) is 0 Å². The van der Waals surface area contributed by atoms with Gasteiger partial charge in [0.05, 0.1) is 19.1 Å². The molecule has 6 heteroatoms. The van der Waals surface area contributed by atoms with Crippen molar-refractivity contribution in [3.63, 3.8) is 0 Å². The molecule has 4 saturated carbocycles. The molecule has 1 aromatic rings. The molecule has 2 saturated heterocycles. The highest BCUT2D eigenvalue weighted by atomic mass is 35.5. The number of esters is 1. The first-order valence-corrected chi connectivity index (χ1v) is 11.7. The molecule has 2 aliphatic heterocycles. The Morgan fingerprint density at radius 1 is 0.871 bits per heavy atom. The monoisotopic (exact) mass is 467 g/mol. The standard InChI is InChI=1S/C25H33NO3.2ClH/c27-23-21(17-26-6-8-28-9-7-26)16-25(29-23,22-4-2-1-3-5-22)24-13-18-10-19(14-24)12-20(11-18)15-24;;/h1-5,18-21H,6-17H2;2*1H. The van der Waals surface area contributed by atoms with Gasteiger partial charge in [0.15, 0.2) is 0 Å². The van der Waals surface area contributed by atoms with Gasteiger partial charge < -0.3 is 9.47 Å².